The second kappa shape index (κ2) is 7.97. The Morgan fingerprint density at radius 2 is 1.97 bits per heavy atom. The molecule has 1 saturated heterocycles. The Morgan fingerprint density at radius 1 is 1.17 bits per heavy atom. The van der Waals surface area contributed by atoms with Gasteiger partial charge in [0, 0.05) is 25.7 Å². The highest BCUT2D eigenvalue weighted by Crippen LogP contribution is 2.23. The molecule has 1 aliphatic heterocycles. The monoisotopic (exact) mass is 424 g/mol. The number of sulfonamides is 1. The van der Waals surface area contributed by atoms with E-state index in [2.05, 4.69) is 24.7 Å². The summed E-state index contributed by atoms with van der Waals surface area (Å²) in [5.74, 6) is -1.25. The van der Waals surface area contributed by atoms with E-state index in [0.29, 0.717) is 38.0 Å². The molecule has 154 valence electrons. The van der Waals surface area contributed by atoms with Crippen LogP contribution in [0.4, 0.5) is 14.6 Å². The molecule has 1 aliphatic rings. The van der Waals surface area contributed by atoms with Gasteiger partial charge in [-0.3, -0.25) is 0 Å². The zero-order valence-electron chi connectivity index (χ0n) is 15.3. The summed E-state index contributed by atoms with van der Waals surface area (Å²) in [5.41, 5.74) is 0.564. The summed E-state index contributed by atoms with van der Waals surface area (Å²) in [5, 5.41) is 5.02. The molecule has 1 N–H and O–H groups in total. The van der Waals surface area contributed by atoms with Crippen LogP contribution in [0.25, 0.3) is 11.0 Å². The fraction of sp³-hybridized carbons (Fsp3) is 0.353. The molecule has 12 heteroatoms. The van der Waals surface area contributed by atoms with Crippen LogP contribution in [0.3, 0.4) is 0 Å². The number of anilines is 1. The van der Waals surface area contributed by atoms with Crippen molar-refractivity contribution in [2.24, 2.45) is 0 Å². The average molecular weight is 424 g/mol. The number of ether oxygens (including phenoxy) is 1. The number of nitrogens with zero attached hydrogens (tertiary/aromatic N) is 5. The minimum absolute atomic E-state index is 0.0488. The minimum atomic E-state index is -4.13. The van der Waals surface area contributed by atoms with Crippen LogP contribution in [0, 0.1) is 11.6 Å². The van der Waals surface area contributed by atoms with E-state index in [0.717, 1.165) is 23.3 Å². The third kappa shape index (κ3) is 4.04. The third-order valence-corrected chi connectivity index (χ3v) is 6.02. The predicted octanol–water partition coefficient (Wildman–Crippen LogP) is 0.920. The second-order valence-electron chi connectivity index (χ2n) is 6.37. The van der Waals surface area contributed by atoms with E-state index in [4.69, 9.17) is 4.74 Å². The SMILES string of the molecule is O=S(=O)(NCCn1ncc2c(N3CCOCC3)ncnc21)c1ccc(F)cc1F. The lowest BCUT2D eigenvalue weighted by atomic mass is 10.3. The molecule has 1 fully saturated rings. The van der Waals surface area contributed by atoms with Gasteiger partial charge in [-0.1, -0.05) is 0 Å². The van der Waals surface area contributed by atoms with Crippen LogP contribution in [0.5, 0.6) is 0 Å². The van der Waals surface area contributed by atoms with Gasteiger partial charge in [-0.2, -0.15) is 5.10 Å². The van der Waals surface area contributed by atoms with Gasteiger partial charge in [0.05, 0.1) is 31.3 Å². The number of fused-ring (bicyclic) bond motifs is 1. The summed E-state index contributed by atoms with van der Waals surface area (Å²) in [6.07, 6.45) is 3.07. The molecular weight excluding hydrogens is 406 g/mol. The standard InChI is InChI=1S/C17H18F2N6O3S/c18-12-1-2-15(14(19)9-12)29(26,27)23-3-4-25-17-13(10-22-25)16(20-11-21-17)24-5-7-28-8-6-24/h1-2,9-11,23H,3-8H2. The molecule has 3 heterocycles. The number of halogens is 2. The van der Waals surface area contributed by atoms with Crippen molar-refractivity contribution in [1.82, 2.24) is 24.5 Å². The van der Waals surface area contributed by atoms with Crippen LogP contribution in [-0.4, -0.2) is 61.0 Å². The normalized spacial score (nSPS) is 15.2. The van der Waals surface area contributed by atoms with Gasteiger partial charge in [0.25, 0.3) is 0 Å². The first-order chi connectivity index (χ1) is 14.0. The number of nitrogens with one attached hydrogen (secondary N) is 1. The van der Waals surface area contributed by atoms with Crippen LogP contribution in [0.1, 0.15) is 0 Å². The zero-order chi connectivity index (χ0) is 20.4. The van der Waals surface area contributed by atoms with Crippen LogP contribution >= 0.6 is 0 Å². The molecular formula is C17H18F2N6O3S. The van der Waals surface area contributed by atoms with Crippen molar-refractivity contribution in [3.8, 4) is 0 Å². The van der Waals surface area contributed by atoms with E-state index >= 15 is 0 Å². The molecule has 4 rings (SSSR count). The second-order valence-corrected chi connectivity index (χ2v) is 8.11. The summed E-state index contributed by atoms with van der Waals surface area (Å²) in [6.45, 7) is 2.77. The van der Waals surface area contributed by atoms with E-state index in [1.807, 2.05) is 0 Å². The van der Waals surface area contributed by atoms with Gasteiger partial charge in [-0.25, -0.2) is 36.6 Å². The number of morpholine rings is 1. The molecule has 9 nitrogen and oxygen atoms in total. The van der Waals surface area contributed by atoms with Gasteiger partial charge in [-0.15, -0.1) is 0 Å². The lowest BCUT2D eigenvalue weighted by molar-refractivity contribution is 0.122. The van der Waals surface area contributed by atoms with Gasteiger partial charge in [0.15, 0.2) is 5.65 Å². The van der Waals surface area contributed by atoms with Crippen molar-refractivity contribution in [3.63, 3.8) is 0 Å². The largest absolute Gasteiger partial charge is 0.378 e. The van der Waals surface area contributed by atoms with Crippen LogP contribution in [0.2, 0.25) is 0 Å². The number of rotatable bonds is 6. The predicted molar refractivity (Wildman–Crippen MR) is 99.9 cm³/mol. The molecule has 1 aromatic carbocycles. The highest BCUT2D eigenvalue weighted by Gasteiger charge is 2.20. The van der Waals surface area contributed by atoms with Gasteiger partial charge in [0.2, 0.25) is 10.0 Å². The maximum absolute atomic E-state index is 13.8. The molecule has 3 aromatic rings. The topological polar surface area (TPSA) is 102 Å². The summed E-state index contributed by atoms with van der Waals surface area (Å²) in [6, 6.07) is 2.31. The van der Waals surface area contributed by atoms with Crippen molar-refractivity contribution in [1.29, 1.82) is 0 Å². The molecule has 2 aromatic heterocycles. The van der Waals surface area contributed by atoms with Crippen molar-refractivity contribution in [2.75, 3.05) is 37.7 Å². The molecule has 0 atom stereocenters. The van der Waals surface area contributed by atoms with Crippen molar-refractivity contribution in [2.45, 2.75) is 11.4 Å². The summed E-state index contributed by atoms with van der Waals surface area (Å²) in [7, 11) is -4.13. The molecule has 0 aliphatic carbocycles. The first kappa shape index (κ1) is 19.6. The third-order valence-electron chi connectivity index (χ3n) is 4.52. The fourth-order valence-electron chi connectivity index (χ4n) is 3.13. The fourth-order valence-corrected chi connectivity index (χ4v) is 4.21. The van der Waals surface area contributed by atoms with Crippen LogP contribution in [-0.2, 0) is 21.3 Å². The highest BCUT2D eigenvalue weighted by atomic mass is 32.2. The number of aromatic nitrogens is 4. The molecule has 0 amide bonds. The molecule has 0 saturated carbocycles. The molecule has 0 bridgehead atoms. The molecule has 0 spiro atoms. The quantitative estimate of drug-likeness (QED) is 0.628. The summed E-state index contributed by atoms with van der Waals surface area (Å²) in [4.78, 5) is 10.1. The maximum Gasteiger partial charge on any atom is 0.243 e. The van der Waals surface area contributed by atoms with Crippen LogP contribution in [0.15, 0.2) is 35.6 Å². The molecule has 0 unspecified atom stereocenters. The molecule has 0 radical (unpaired) electrons. The summed E-state index contributed by atoms with van der Waals surface area (Å²) < 4.78 is 60.5. The van der Waals surface area contributed by atoms with Gasteiger partial charge in [0.1, 0.15) is 28.7 Å². The summed E-state index contributed by atoms with van der Waals surface area (Å²) >= 11 is 0. The lowest BCUT2D eigenvalue weighted by Crippen LogP contribution is -2.36. The van der Waals surface area contributed by atoms with E-state index in [-0.39, 0.29) is 13.1 Å². The van der Waals surface area contributed by atoms with Crippen molar-refractivity contribution < 1.29 is 21.9 Å². The van der Waals surface area contributed by atoms with E-state index in [1.54, 1.807) is 10.9 Å². The van der Waals surface area contributed by atoms with E-state index in [9.17, 15) is 17.2 Å². The van der Waals surface area contributed by atoms with Gasteiger partial charge >= 0.3 is 0 Å². The first-order valence-electron chi connectivity index (χ1n) is 8.89. The lowest BCUT2D eigenvalue weighted by Gasteiger charge is -2.27. The molecule has 29 heavy (non-hydrogen) atoms. The average Bonchev–Trinajstić information content (AvgIpc) is 3.11. The van der Waals surface area contributed by atoms with Gasteiger partial charge in [-0.05, 0) is 12.1 Å². The Bertz CT molecular complexity index is 1130. The van der Waals surface area contributed by atoms with Crippen LogP contribution < -0.4 is 9.62 Å². The highest BCUT2D eigenvalue weighted by molar-refractivity contribution is 7.89. The number of benzene rings is 1. The Balaban J connectivity index is 1.49. The Labute approximate surface area is 165 Å². The number of hydrogen-bond donors (Lipinski definition) is 1. The van der Waals surface area contributed by atoms with Crippen molar-refractivity contribution in [3.05, 3.63) is 42.4 Å². The maximum atomic E-state index is 13.8. The van der Waals surface area contributed by atoms with Gasteiger partial charge < -0.3 is 9.64 Å². The zero-order valence-corrected chi connectivity index (χ0v) is 16.1. The van der Waals surface area contributed by atoms with E-state index < -0.39 is 26.6 Å². The van der Waals surface area contributed by atoms with Crippen molar-refractivity contribution >= 4 is 26.9 Å². The Hall–Kier alpha value is -2.70. The minimum Gasteiger partial charge on any atom is -0.378 e. The Morgan fingerprint density at radius 3 is 2.72 bits per heavy atom. The van der Waals surface area contributed by atoms with E-state index in [1.165, 1.54) is 6.33 Å². The Kier molecular flexibility index (Phi) is 5.39. The smallest absolute Gasteiger partial charge is 0.243 e. The number of hydrogen-bond acceptors (Lipinski definition) is 7. The first-order valence-corrected chi connectivity index (χ1v) is 10.4.